The molecule has 0 aromatic heterocycles. The minimum Gasteiger partial charge on any atom is -0.368 e. The van der Waals surface area contributed by atoms with Crippen molar-refractivity contribution >= 4 is 23.4 Å². The van der Waals surface area contributed by atoms with Crippen LogP contribution in [0.5, 0.6) is 0 Å². The molecular formula is C21H18F3N3O3. The number of hydrogen-bond donors (Lipinski definition) is 0. The highest BCUT2D eigenvalue weighted by Crippen LogP contribution is 2.32. The molecule has 1 saturated heterocycles. The highest BCUT2D eigenvalue weighted by atomic mass is 19.4. The normalized spacial score (nSPS) is 16.9. The number of hydrogen-bond acceptors (Lipinski definition) is 4. The van der Waals surface area contributed by atoms with E-state index >= 15 is 0 Å². The third-order valence-electron chi connectivity index (χ3n) is 5.44. The fourth-order valence-corrected chi connectivity index (χ4v) is 3.72. The smallest absolute Gasteiger partial charge is 0.368 e. The van der Waals surface area contributed by atoms with Crippen LogP contribution >= 0.6 is 0 Å². The maximum absolute atomic E-state index is 12.9. The van der Waals surface area contributed by atoms with Crippen LogP contribution in [0.2, 0.25) is 0 Å². The Morgan fingerprint density at radius 2 is 1.57 bits per heavy atom. The molecule has 156 valence electrons. The van der Waals surface area contributed by atoms with Crippen molar-refractivity contribution < 1.29 is 27.6 Å². The molecule has 4 rings (SSSR count). The van der Waals surface area contributed by atoms with E-state index in [1.54, 1.807) is 15.9 Å². The van der Waals surface area contributed by atoms with Crippen LogP contribution in [0.4, 0.5) is 18.9 Å². The maximum Gasteiger partial charge on any atom is 0.416 e. The van der Waals surface area contributed by atoms with Gasteiger partial charge in [0.05, 0.1) is 16.7 Å². The first-order valence-corrected chi connectivity index (χ1v) is 9.35. The molecule has 2 aromatic rings. The molecule has 3 amide bonds. The summed E-state index contributed by atoms with van der Waals surface area (Å²) in [5.74, 6) is -1.13. The number of anilines is 1. The summed E-state index contributed by atoms with van der Waals surface area (Å²) >= 11 is 0. The minimum absolute atomic E-state index is 0.205. The van der Waals surface area contributed by atoms with E-state index in [-0.39, 0.29) is 17.0 Å². The van der Waals surface area contributed by atoms with Crippen LogP contribution in [0.25, 0.3) is 0 Å². The highest BCUT2D eigenvalue weighted by molar-refractivity contribution is 6.21. The lowest BCUT2D eigenvalue weighted by Gasteiger charge is -2.36. The van der Waals surface area contributed by atoms with Crippen molar-refractivity contribution in [1.29, 1.82) is 0 Å². The number of imide groups is 1. The summed E-state index contributed by atoms with van der Waals surface area (Å²) in [7, 11) is 1.39. The van der Waals surface area contributed by atoms with E-state index in [0.29, 0.717) is 37.4 Å². The molecule has 0 radical (unpaired) electrons. The lowest BCUT2D eigenvalue weighted by atomic mass is 10.0. The zero-order chi connectivity index (χ0) is 21.6. The van der Waals surface area contributed by atoms with E-state index in [1.165, 1.54) is 31.3 Å². The van der Waals surface area contributed by atoms with Gasteiger partial charge in [0.2, 0.25) is 0 Å². The third-order valence-corrected chi connectivity index (χ3v) is 5.44. The number of alkyl halides is 3. The number of benzene rings is 2. The summed E-state index contributed by atoms with van der Waals surface area (Å²) in [6.07, 6.45) is -4.41. The number of carbonyl (C=O) groups is 3. The first kappa shape index (κ1) is 19.9. The van der Waals surface area contributed by atoms with Crippen LogP contribution < -0.4 is 4.90 Å². The van der Waals surface area contributed by atoms with Crippen LogP contribution in [0.15, 0.2) is 42.5 Å². The number of amides is 3. The van der Waals surface area contributed by atoms with E-state index in [1.807, 2.05) is 0 Å². The largest absolute Gasteiger partial charge is 0.416 e. The zero-order valence-corrected chi connectivity index (χ0v) is 16.1. The lowest BCUT2D eigenvalue weighted by molar-refractivity contribution is -0.137. The number of halogens is 3. The SMILES string of the molecule is CN1C(=O)c2ccc(C(=O)N3CCN(c4cccc(C(F)(F)F)c4)CC3)cc2C1=O. The van der Waals surface area contributed by atoms with Gasteiger partial charge in [0, 0.05) is 44.5 Å². The second kappa shape index (κ2) is 7.16. The topological polar surface area (TPSA) is 60.9 Å². The Kier molecular flexibility index (Phi) is 4.76. The molecule has 2 aliphatic heterocycles. The number of rotatable bonds is 2. The Labute approximate surface area is 170 Å². The average molecular weight is 417 g/mol. The molecule has 0 bridgehead atoms. The molecule has 2 aliphatic rings. The summed E-state index contributed by atoms with van der Waals surface area (Å²) < 4.78 is 38.8. The molecule has 30 heavy (non-hydrogen) atoms. The van der Waals surface area contributed by atoms with Crippen molar-refractivity contribution in [3.63, 3.8) is 0 Å². The summed E-state index contributed by atoms with van der Waals surface area (Å²) in [5, 5.41) is 0. The summed E-state index contributed by atoms with van der Waals surface area (Å²) in [5.41, 5.74) is 0.532. The molecule has 9 heteroatoms. The Morgan fingerprint density at radius 1 is 0.900 bits per heavy atom. The fraction of sp³-hybridized carbons (Fsp3) is 0.286. The summed E-state index contributed by atoms with van der Waals surface area (Å²) in [4.78, 5) is 41.4. The molecule has 0 atom stereocenters. The molecule has 0 spiro atoms. The molecule has 6 nitrogen and oxygen atoms in total. The van der Waals surface area contributed by atoms with Crippen LogP contribution in [0.3, 0.4) is 0 Å². The predicted molar refractivity (Wildman–Crippen MR) is 102 cm³/mol. The van der Waals surface area contributed by atoms with E-state index in [0.717, 1.165) is 17.0 Å². The van der Waals surface area contributed by atoms with Crippen LogP contribution in [0.1, 0.15) is 36.6 Å². The Balaban J connectivity index is 1.46. The average Bonchev–Trinajstić information content (AvgIpc) is 2.96. The van der Waals surface area contributed by atoms with E-state index in [4.69, 9.17) is 0 Å². The Hall–Kier alpha value is -3.36. The van der Waals surface area contributed by atoms with Crippen molar-refractivity contribution in [3.05, 3.63) is 64.7 Å². The van der Waals surface area contributed by atoms with Gasteiger partial charge in [-0.1, -0.05) is 6.07 Å². The van der Waals surface area contributed by atoms with Crippen molar-refractivity contribution in [2.45, 2.75) is 6.18 Å². The van der Waals surface area contributed by atoms with Gasteiger partial charge in [0.15, 0.2) is 0 Å². The summed E-state index contributed by atoms with van der Waals surface area (Å²) in [6.45, 7) is 1.44. The van der Waals surface area contributed by atoms with Crippen LogP contribution in [0, 0.1) is 0 Å². The van der Waals surface area contributed by atoms with E-state index in [9.17, 15) is 27.6 Å². The highest BCUT2D eigenvalue weighted by Gasteiger charge is 2.34. The van der Waals surface area contributed by atoms with Gasteiger partial charge in [-0.3, -0.25) is 19.3 Å². The number of nitrogens with zero attached hydrogens (tertiary/aromatic N) is 3. The van der Waals surface area contributed by atoms with Crippen LogP contribution in [-0.2, 0) is 6.18 Å². The van der Waals surface area contributed by atoms with Gasteiger partial charge in [-0.05, 0) is 36.4 Å². The first-order valence-electron chi connectivity index (χ1n) is 9.35. The Bertz CT molecular complexity index is 1040. The van der Waals surface area contributed by atoms with E-state index < -0.39 is 23.6 Å². The van der Waals surface area contributed by atoms with Crippen molar-refractivity contribution in [2.24, 2.45) is 0 Å². The number of piperazine rings is 1. The van der Waals surface area contributed by atoms with Gasteiger partial charge >= 0.3 is 6.18 Å². The molecule has 2 aromatic carbocycles. The monoisotopic (exact) mass is 417 g/mol. The van der Waals surface area contributed by atoms with Gasteiger partial charge < -0.3 is 9.80 Å². The molecule has 0 saturated carbocycles. The van der Waals surface area contributed by atoms with Gasteiger partial charge in [-0.15, -0.1) is 0 Å². The second-order valence-electron chi connectivity index (χ2n) is 7.26. The van der Waals surface area contributed by atoms with Crippen molar-refractivity contribution in [2.75, 3.05) is 38.1 Å². The van der Waals surface area contributed by atoms with Gasteiger partial charge in [0.1, 0.15) is 0 Å². The van der Waals surface area contributed by atoms with Crippen molar-refractivity contribution in [1.82, 2.24) is 9.80 Å². The number of carbonyl (C=O) groups excluding carboxylic acids is 3. The third kappa shape index (κ3) is 3.40. The summed E-state index contributed by atoms with van der Waals surface area (Å²) in [6, 6.07) is 9.55. The first-order chi connectivity index (χ1) is 14.2. The minimum atomic E-state index is -4.41. The molecule has 2 heterocycles. The van der Waals surface area contributed by atoms with Crippen LogP contribution in [-0.4, -0.2) is 60.7 Å². The molecule has 0 unspecified atom stereocenters. The lowest BCUT2D eigenvalue weighted by Crippen LogP contribution is -2.48. The fourth-order valence-electron chi connectivity index (χ4n) is 3.72. The van der Waals surface area contributed by atoms with Crippen molar-refractivity contribution in [3.8, 4) is 0 Å². The molecule has 0 aliphatic carbocycles. The zero-order valence-electron chi connectivity index (χ0n) is 16.1. The quantitative estimate of drug-likeness (QED) is 0.705. The predicted octanol–water partition coefficient (Wildman–Crippen LogP) is 2.89. The maximum atomic E-state index is 12.9. The van der Waals surface area contributed by atoms with Gasteiger partial charge in [-0.2, -0.15) is 13.2 Å². The van der Waals surface area contributed by atoms with E-state index in [2.05, 4.69) is 0 Å². The molecular weight excluding hydrogens is 399 g/mol. The van der Waals surface area contributed by atoms with Gasteiger partial charge in [0.25, 0.3) is 17.7 Å². The number of fused-ring (bicyclic) bond motifs is 1. The molecule has 0 N–H and O–H groups in total. The Morgan fingerprint density at radius 3 is 2.23 bits per heavy atom. The molecule has 1 fully saturated rings. The van der Waals surface area contributed by atoms with Gasteiger partial charge in [-0.25, -0.2) is 0 Å². The second-order valence-corrected chi connectivity index (χ2v) is 7.26. The standard InChI is InChI=1S/C21H18F3N3O3/c1-25-19(29)16-6-5-13(11-17(16)20(25)30)18(28)27-9-7-26(8-10-27)15-4-2-3-14(12-15)21(22,23)24/h2-6,11-12H,7-10H2,1H3.